The predicted octanol–water partition coefficient (Wildman–Crippen LogP) is 2.45. The van der Waals surface area contributed by atoms with Crippen LogP contribution in [0.4, 0.5) is 4.39 Å². The van der Waals surface area contributed by atoms with Crippen molar-refractivity contribution >= 4 is 17.3 Å². The number of rotatable bonds is 2. The Morgan fingerprint density at radius 2 is 2.42 bits per heavy atom. The van der Waals surface area contributed by atoms with Crippen molar-refractivity contribution in [1.82, 2.24) is 0 Å². The fourth-order valence-electron chi connectivity index (χ4n) is 0.853. The fraction of sp³-hybridized carbons (Fsp3) is 0.375. The lowest BCUT2D eigenvalue weighted by Crippen LogP contribution is -2.21. The van der Waals surface area contributed by atoms with Crippen LogP contribution in [0.3, 0.4) is 0 Å². The maximum Gasteiger partial charge on any atom is 0.305 e. The van der Waals surface area contributed by atoms with E-state index in [4.69, 9.17) is 0 Å². The van der Waals surface area contributed by atoms with Gasteiger partial charge in [-0.15, -0.1) is 11.3 Å². The summed E-state index contributed by atoms with van der Waals surface area (Å²) in [7, 11) is 0. The second kappa shape index (κ2) is 3.23. The summed E-state index contributed by atoms with van der Waals surface area (Å²) in [6.45, 7) is 2.41. The quantitative estimate of drug-likeness (QED) is 0.666. The largest absolute Gasteiger partial charge is 0.424 e. The standard InChI is InChI=1S/C8H9FO2S/c1-6(10)11-8(2,9)7-4-3-5-12-7/h3-5H,1-2H3. The first kappa shape index (κ1) is 9.19. The summed E-state index contributed by atoms with van der Waals surface area (Å²) >= 11 is 1.22. The third-order valence-corrected chi connectivity index (χ3v) is 2.34. The molecule has 0 aliphatic rings. The number of hydrogen-bond donors (Lipinski definition) is 0. The predicted molar refractivity (Wildman–Crippen MR) is 44.5 cm³/mol. The SMILES string of the molecule is CC(=O)OC(C)(F)c1cccs1. The Labute approximate surface area is 74.0 Å². The number of alkyl halides is 1. The molecular weight excluding hydrogens is 179 g/mol. The highest BCUT2D eigenvalue weighted by Gasteiger charge is 2.29. The highest BCUT2D eigenvalue weighted by molar-refractivity contribution is 7.10. The molecule has 1 aromatic heterocycles. The Bertz CT molecular complexity index is 267. The van der Waals surface area contributed by atoms with Gasteiger partial charge in [0.1, 0.15) is 0 Å². The van der Waals surface area contributed by atoms with Crippen molar-refractivity contribution in [3.8, 4) is 0 Å². The maximum absolute atomic E-state index is 13.5. The summed E-state index contributed by atoms with van der Waals surface area (Å²) in [5, 5.41) is 1.73. The van der Waals surface area contributed by atoms with Gasteiger partial charge in [0.2, 0.25) is 0 Å². The second-order valence-corrected chi connectivity index (χ2v) is 3.44. The van der Waals surface area contributed by atoms with Crippen LogP contribution in [0, 0.1) is 0 Å². The molecule has 2 nitrogen and oxygen atoms in total. The van der Waals surface area contributed by atoms with E-state index in [0.29, 0.717) is 4.88 Å². The Kier molecular flexibility index (Phi) is 2.47. The van der Waals surface area contributed by atoms with Gasteiger partial charge in [0.05, 0.1) is 4.88 Å². The van der Waals surface area contributed by atoms with E-state index in [1.165, 1.54) is 25.2 Å². The van der Waals surface area contributed by atoms with Crippen molar-refractivity contribution in [2.45, 2.75) is 19.7 Å². The first-order chi connectivity index (χ1) is 5.52. The molecule has 1 heterocycles. The highest BCUT2D eigenvalue weighted by atomic mass is 32.1. The molecule has 0 aromatic carbocycles. The summed E-state index contributed by atoms with van der Waals surface area (Å²) in [5.74, 6) is -2.60. The van der Waals surface area contributed by atoms with Crippen molar-refractivity contribution in [2.24, 2.45) is 0 Å². The number of carbonyl (C=O) groups excluding carboxylic acids is 1. The lowest BCUT2D eigenvalue weighted by molar-refractivity contribution is -0.177. The molecule has 66 valence electrons. The highest BCUT2D eigenvalue weighted by Crippen LogP contribution is 2.30. The molecule has 4 heteroatoms. The summed E-state index contributed by atoms with van der Waals surface area (Å²) in [6, 6.07) is 3.30. The Morgan fingerprint density at radius 3 is 2.83 bits per heavy atom. The van der Waals surface area contributed by atoms with Crippen molar-refractivity contribution < 1.29 is 13.9 Å². The van der Waals surface area contributed by atoms with E-state index in [2.05, 4.69) is 4.74 Å². The minimum Gasteiger partial charge on any atom is -0.424 e. The van der Waals surface area contributed by atoms with Gasteiger partial charge in [-0.3, -0.25) is 4.79 Å². The Morgan fingerprint density at radius 1 is 1.75 bits per heavy atom. The van der Waals surface area contributed by atoms with Crippen LogP contribution in [-0.2, 0) is 15.4 Å². The van der Waals surface area contributed by atoms with E-state index in [1.807, 2.05) is 0 Å². The lowest BCUT2D eigenvalue weighted by atomic mass is 10.3. The van der Waals surface area contributed by atoms with Crippen LogP contribution in [0.25, 0.3) is 0 Å². The van der Waals surface area contributed by atoms with Crippen LogP contribution >= 0.6 is 11.3 Å². The minimum absolute atomic E-state index is 0.401. The van der Waals surface area contributed by atoms with Gasteiger partial charge < -0.3 is 4.74 Å². The van der Waals surface area contributed by atoms with E-state index in [1.54, 1.807) is 17.5 Å². The molecule has 0 saturated carbocycles. The van der Waals surface area contributed by atoms with Gasteiger partial charge in [0, 0.05) is 13.8 Å². The van der Waals surface area contributed by atoms with E-state index >= 15 is 0 Å². The molecule has 12 heavy (non-hydrogen) atoms. The lowest BCUT2D eigenvalue weighted by Gasteiger charge is -2.17. The Balaban J connectivity index is 2.79. The molecule has 1 aromatic rings. The van der Waals surface area contributed by atoms with Crippen LogP contribution < -0.4 is 0 Å². The molecule has 0 saturated heterocycles. The first-order valence-corrected chi connectivity index (χ1v) is 4.33. The van der Waals surface area contributed by atoms with Crippen LogP contribution in [0.1, 0.15) is 18.7 Å². The average molecular weight is 188 g/mol. The number of hydrogen-bond acceptors (Lipinski definition) is 3. The smallest absolute Gasteiger partial charge is 0.305 e. The zero-order chi connectivity index (χ0) is 9.19. The van der Waals surface area contributed by atoms with Crippen LogP contribution in [0.5, 0.6) is 0 Å². The molecule has 0 bridgehead atoms. The normalized spacial score (nSPS) is 15.2. The van der Waals surface area contributed by atoms with Gasteiger partial charge in [-0.05, 0) is 11.4 Å². The fourth-order valence-corrected chi connectivity index (χ4v) is 1.57. The maximum atomic E-state index is 13.5. The summed E-state index contributed by atoms with van der Waals surface area (Å²) in [6.07, 6.45) is 0. The molecule has 1 unspecified atom stereocenters. The van der Waals surface area contributed by atoms with Crippen LogP contribution in [0.2, 0.25) is 0 Å². The minimum atomic E-state index is -1.99. The summed E-state index contributed by atoms with van der Waals surface area (Å²) in [5.41, 5.74) is 0. The number of thiophene rings is 1. The Hall–Kier alpha value is -0.900. The summed E-state index contributed by atoms with van der Waals surface area (Å²) in [4.78, 5) is 10.9. The van der Waals surface area contributed by atoms with Crippen LogP contribution in [-0.4, -0.2) is 5.97 Å². The third-order valence-electron chi connectivity index (χ3n) is 1.30. The van der Waals surface area contributed by atoms with Gasteiger partial charge in [0.25, 0.3) is 5.85 Å². The monoisotopic (exact) mass is 188 g/mol. The first-order valence-electron chi connectivity index (χ1n) is 3.45. The molecule has 1 rings (SSSR count). The summed E-state index contributed by atoms with van der Waals surface area (Å²) < 4.78 is 18.0. The third kappa shape index (κ3) is 2.04. The zero-order valence-electron chi connectivity index (χ0n) is 6.83. The van der Waals surface area contributed by atoms with Gasteiger partial charge >= 0.3 is 5.97 Å². The number of ether oxygens (including phenoxy) is 1. The number of carbonyl (C=O) groups is 1. The van der Waals surface area contributed by atoms with Gasteiger partial charge in [-0.1, -0.05) is 6.07 Å². The topological polar surface area (TPSA) is 26.3 Å². The van der Waals surface area contributed by atoms with Gasteiger partial charge in [-0.2, -0.15) is 4.39 Å². The zero-order valence-corrected chi connectivity index (χ0v) is 7.65. The molecule has 1 atom stereocenters. The van der Waals surface area contributed by atoms with Crippen molar-refractivity contribution in [2.75, 3.05) is 0 Å². The average Bonchev–Trinajstić information content (AvgIpc) is 2.32. The molecule has 0 radical (unpaired) electrons. The van der Waals surface area contributed by atoms with E-state index < -0.39 is 11.8 Å². The van der Waals surface area contributed by atoms with E-state index in [0.717, 1.165) is 0 Å². The van der Waals surface area contributed by atoms with Crippen molar-refractivity contribution in [3.05, 3.63) is 22.4 Å². The second-order valence-electron chi connectivity index (χ2n) is 2.49. The van der Waals surface area contributed by atoms with E-state index in [9.17, 15) is 9.18 Å². The number of esters is 1. The molecule has 0 aliphatic heterocycles. The number of halogens is 1. The van der Waals surface area contributed by atoms with Gasteiger partial charge in [0.15, 0.2) is 0 Å². The molecular formula is C8H9FO2S. The molecule has 0 spiro atoms. The molecule has 0 aliphatic carbocycles. The van der Waals surface area contributed by atoms with Gasteiger partial charge in [-0.25, -0.2) is 0 Å². The molecule has 0 amide bonds. The van der Waals surface area contributed by atoms with Crippen LogP contribution in [0.15, 0.2) is 17.5 Å². The van der Waals surface area contributed by atoms with E-state index in [-0.39, 0.29) is 0 Å². The molecule has 0 N–H and O–H groups in total. The molecule has 0 fully saturated rings. The van der Waals surface area contributed by atoms with Crippen molar-refractivity contribution in [1.29, 1.82) is 0 Å². The van der Waals surface area contributed by atoms with Crippen molar-refractivity contribution in [3.63, 3.8) is 0 Å².